The van der Waals surface area contributed by atoms with Crippen LogP contribution < -0.4 is 4.74 Å². The van der Waals surface area contributed by atoms with Crippen molar-refractivity contribution in [2.24, 2.45) is 0 Å². The Morgan fingerprint density at radius 3 is 3.00 bits per heavy atom. The summed E-state index contributed by atoms with van der Waals surface area (Å²) in [5.74, 6) is -0.453. The van der Waals surface area contributed by atoms with Gasteiger partial charge in [0.1, 0.15) is 5.75 Å². The van der Waals surface area contributed by atoms with E-state index in [0.29, 0.717) is 25.2 Å². The van der Waals surface area contributed by atoms with Crippen molar-refractivity contribution in [3.05, 3.63) is 29.8 Å². The number of aromatic carboxylic acids is 1. The highest BCUT2D eigenvalue weighted by molar-refractivity contribution is 5.87. The van der Waals surface area contributed by atoms with Gasteiger partial charge in [-0.3, -0.25) is 0 Å². The summed E-state index contributed by atoms with van der Waals surface area (Å²) < 4.78 is 5.28. The molecule has 1 aromatic rings. The number of benzene rings is 1. The Balaban J connectivity index is 2.51. The fraction of sp³-hybridized carbons (Fsp3) is 0.273. The van der Waals surface area contributed by atoms with E-state index in [4.69, 9.17) is 15.1 Å². The number of nitrogens with zero attached hydrogens (tertiary/aromatic N) is 1. The highest BCUT2D eigenvalue weighted by Gasteiger charge is 2.03. The summed E-state index contributed by atoms with van der Waals surface area (Å²) in [6, 6.07) is 8.30. The number of unbranched alkanes of at least 4 members (excludes halogenated alkanes) is 1. The Bertz CT molecular complexity index is 382. The van der Waals surface area contributed by atoms with Gasteiger partial charge in [0.05, 0.1) is 18.2 Å². The minimum atomic E-state index is -0.975. The van der Waals surface area contributed by atoms with Crippen molar-refractivity contribution in [2.75, 3.05) is 6.61 Å². The zero-order valence-electron chi connectivity index (χ0n) is 8.14. The van der Waals surface area contributed by atoms with Crippen LogP contribution in [0.15, 0.2) is 24.3 Å². The minimum Gasteiger partial charge on any atom is -0.494 e. The monoisotopic (exact) mass is 205 g/mol. The average Bonchev–Trinajstić information content (AvgIpc) is 2.25. The summed E-state index contributed by atoms with van der Waals surface area (Å²) >= 11 is 0. The molecule has 4 heteroatoms. The largest absolute Gasteiger partial charge is 0.494 e. The van der Waals surface area contributed by atoms with Gasteiger partial charge in [-0.25, -0.2) is 4.79 Å². The number of rotatable bonds is 5. The maximum Gasteiger partial charge on any atom is 0.335 e. The van der Waals surface area contributed by atoms with Crippen LogP contribution in [0.3, 0.4) is 0 Å². The van der Waals surface area contributed by atoms with Gasteiger partial charge in [0, 0.05) is 6.42 Å². The first-order chi connectivity index (χ1) is 7.24. The lowest BCUT2D eigenvalue weighted by atomic mass is 10.2. The predicted molar refractivity (Wildman–Crippen MR) is 53.7 cm³/mol. The number of ether oxygens (including phenoxy) is 1. The third-order valence-corrected chi connectivity index (χ3v) is 1.78. The molecule has 0 aliphatic carbocycles. The molecule has 1 N–H and O–H groups in total. The van der Waals surface area contributed by atoms with E-state index in [0.717, 1.165) is 0 Å². The van der Waals surface area contributed by atoms with E-state index in [9.17, 15) is 4.79 Å². The molecule has 0 atom stereocenters. The Morgan fingerprint density at radius 1 is 1.53 bits per heavy atom. The summed E-state index contributed by atoms with van der Waals surface area (Å²) in [5, 5.41) is 17.0. The lowest BCUT2D eigenvalue weighted by Crippen LogP contribution is -1.99. The zero-order valence-corrected chi connectivity index (χ0v) is 8.14. The molecule has 0 aliphatic rings. The zero-order chi connectivity index (χ0) is 11.1. The highest BCUT2D eigenvalue weighted by atomic mass is 16.5. The van der Waals surface area contributed by atoms with Gasteiger partial charge in [-0.05, 0) is 24.6 Å². The highest BCUT2D eigenvalue weighted by Crippen LogP contribution is 2.13. The number of carbonyl (C=O) groups is 1. The second kappa shape index (κ2) is 5.66. The molecule has 0 aliphatic heterocycles. The second-order valence-electron chi connectivity index (χ2n) is 2.94. The SMILES string of the molecule is N#CCCCOc1cccc(C(=O)O)c1. The summed E-state index contributed by atoms with van der Waals surface area (Å²) in [7, 11) is 0. The van der Waals surface area contributed by atoms with E-state index in [2.05, 4.69) is 0 Å². The first kappa shape index (κ1) is 11.1. The molecule has 0 spiro atoms. The number of hydrogen-bond acceptors (Lipinski definition) is 3. The maximum absolute atomic E-state index is 10.6. The van der Waals surface area contributed by atoms with Crippen LogP contribution in [0.1, 0.15) is 23.2 Å². The summed E-state index contributed by atoms with van der Waals surface area (Å²) in [4.78, 5) is 10.6. The molecular weight excluding hydrogens is 194 g/mol. The Labute approximate surface area is 87.7 Å². The number of carboxylic acid groups (broad SMARTS) is 1. The van der Waals surface area contributed by atoms with Crippen LogP contribution in [0.25, 0.3) is 0 Å². The minimum absolute atomic E-state index is 0.202. The molecule has 1 rings (SSSR count). The Hall–Kier alpha value is -2.02. The van der Waals surface area contributed by atoms with Gasteiger partial charge in [-0.1, -0.05) is 6.07 Å². The van der Waals surface area contributed by atoms with Crippen LogP contribution in [0.4, 0.5) is 0 Å². The second-order valence-corrected chi connectivity index (χ2v) is 2.94. The summed E-state index contributed by atoms with van der Waals surface area (Å²) in [6.07, 6.45) is 1.09. The summed E-state index contributed by atoms with van der Waals surface area (Å²) in [5.41, 5.74) is 0.202. The lowest BCUT2D eigenvalue weighted by molar-refractivity contribution is 0.0696. The molecule has 1 aromatic carbocycles. The molecule has 0 amide bonds. The number of carboxylic acids is 1. The van der Waals surface area contributed by atoms with Crippen molar-refractivity contribution in [2.45, 2.75) is 12.8 Å². The molecule has 15 heavy (non-hydrogen) atoms. The summed E-state index contributed by atoms with van der Waals surface area (Å²) in [6.45, 7) is 0.427. The fourth-order valence-corrected chi connectivity index (χ4v) is 1.06. The quantitative estimate of drug-likeness (QED) is 0.747. The van der Waals surface area contributed by atoms with Crippen molar-refractivity contribution in [3.8, 4) is 11.8 Å². The first-order valence-corrected chi connectivity index (χ1v) is 4.57. The molecule has 0 bridgehead atoms. The third kappa shape index (κ3) is 3.69. The van der Waals surface area contributed by atoms with Crippen LogP contribution in [0.2, 0.25) is 0 Å². The van der Waals surface area contributed by atoms with Crippen LogP contribution in [-0.4, -0.2) is 17.7 Å². The molecular formula is C11H11NO3. The van der Waals surface area contributed by atoms with E-state index < -0.39 is 5.97 Å². The predicted octanol–water partition coefficient (Wildman–Crippen LogP) is 2.07. The van der Waals surface area contributed by atoms with E-state index >= 15 is 0 Å². The van der Waals surface area contributed by atoms with Crippen LogP contribution in [0.5, 0.6) is 5.75 Å². The Kier molecular flexibility index (Phi) is 4.17. The van der Waals surface area contributed by atoms with Crippen molar-refractivity contribution in [3.63, 3.8) is 0 Å². The molecule has 0 aromatic heterocycles. The molecule has 78 valence electrons. The molecule has 0 unspecified atom stereocenters. The van der Waals surface area contributed by atoms with Gasteiger partial charge < -0.3 is 9.84 Å². The van der Waals surface area contributed by atoms with Gasteiger partial charge in [-0.15, -0.1) is 0 Å². The van der Waals surface area contributed by atoms with Crippen molar-refractivity contribution in [1.82, 2.24) is 0 Å². The lowest BCUT2D eigenvalue weighted by Gasteiger charge is -2.04. The van der Waals surface area contributed by atoms with Crippen LogP contribution >= 0.6 is 0 Å². The number of hydrogen-bond donors (Lipinski definition) is 1. The average molecular weight is 205 g/mol. The van der Waals surface area contributed by atoms with Crippen molar-refractivity contribution in [1.29, 1.82) is 5.26 Å². The molecule has 4 nitrogen and oxygen atoms in total. The van der Waals surface area contributed by atoms with Gasteiger partial charge in [0.25, 0.3) is 0 Å². The number of nitriles is 1. The van der Waals surface area contributed by atoms with Crippen molar-refractivity contribution < 1.29 is 14.6 Å². The van der Waals surface area contributed by atoms with E-state index in [1.807, 2.05) is 6.07 Å². The van der Waals surface area contributed by atoms with E-state index in [-0.39, 0.29) is 5.56 Å². The smallest absolute Gasteiger partial charge is 0.335 e. The van der Waals surface area contributed by atoms with E-state index in [1.54, 1.807) is 12.1 Å². The molecule has 0 fully saturated rings. The molecule has 0 heterocycles. The van der Waals surface area contributed by atoms with Gasteiger partial charge in [0.15, 0.2) is 0 Å². The molecule has 0 saturated carbocycles. The topological polar surface area (TPSA) is 70.3 Å². The normalized spacial score (nSPS) is 9.27. The Morgan fingerprint density at radius 2 is 2.33 bits per heavy atom. The van der Waals surface area contributed by atoms with E-state index in [1.165, 1.54) is 12.1 Å². The fourth-order valence-electron chi connectivity index (χ4n) is 1.06. The first-order valence-electron chi connectivity index (χ1n) is 4.57. The van der Waals surface area contributed by atoms with Crippen LogP contribution in [-0.2, 0) is 0 Å². The van der Waals surface area contributed by atoms with Gasteiger partial charge >= 0.3 is 5.97 Å². The molecule has 0 saturated heterocycles. The van der Waals surface area contributed by atoms with Gasteiger partial charge in [0.2, 0.25) is 0 Å². The molecule has 0 radical (unpaired) electrons. The van der Waals surface area contributed by atoms with Crippen molar-refractivity contribution >= 4 is 5.97 Å². The third-order valence-electron chi connectivity index (χ3n) is 1.78. The maximum atomic E-state index is 10.6. The van der Waals surface area contributed by atoms with Crippen LogP contribution in [0, 0.1) is 11.3 Å². The standard InChI is InChI=1S/C11H11NO3/c12-6-1-2-7-15-10-5-3-4-9(8-10)11(13)14/h3-5,8H,1-2,7H2,(H,13,14). The van der Waals surface area contributed by atoms with Gasteiger partial charge in [-0.2, -0.15) is 5.26 Å².